The first kappa shape index (κ1) is 16.9. The molecule has 0 N–H and O–H groups in total. The predicted octanol–water partition coefficient (Wildman–Crippen LogP) is 5.30. The van der Waals surface area contributed by atoms with Crippen LogP contribution in [0.1, 0.15) is 12.5 Å². The third-order valence-electron chi connectivity index (χ3n) is 3.76. The van der Waals surface area contributed by atoms with Gasteiger partial charge in [0.15, 0.2) is 5.13 Å². The maximum Gasteiger partial charge on any atom is 0.269 e. The molecule has 0 aliphatic heterocycles. The molecule has 0 saturated carbocycles. The highest BCUT2D eigenvalue weighted by molar-refractivity contribution is 9.09. The number of benzene rings is 2. The molecule has 0 amide bonds. The van der Waals surface area contributed by atoms with Crippen molar-refractivity contribution in [3.8, 4) is 0 Å². The van der Waals surface area contributed by atoms with Gasteiger partial charge in [-0.25, -0.2) is 4.98 Å². The van der Waals surface area contributed by atoms with E-state index in [0.29, 0.717) is 0 Å². The molecule has 0 spiro atoms. The van der Waals surface area contributed by atoms with Crippen molar-refractivity contribution in [3.63, 3.8) is 0 Å². The smallest absolute Gasteiger partial charge is 0.269 e. The number of aromatic nitrogens is 1. The number of hydrogen-bond acceptors (Lipinski definition) is 5. The first-order valence-electron chi connectivity index (χ1n) is 7.59. The minimum Gasteiger partial charge on any atom is -0.317 e. The fourth-order valence-corrected chi connectivity index (χ4v) is 3.90. The maximum absolute atomic E-state index is 10.8. The summed E-state index contributed by atoms with van der Waals surface area (Å²) in [5, 5.41) is 12.5. The third kappa shape index (κ3) is 3.42. The second-order valence-electron chi connectivity index (χ2n) is 5.27. The first-order valence-corrected chi connectivity index (χ1v) is 9.53. The number of halogens is 1. The summed E-state index contributed by atoms with van der Waals surface area (Å²) in [6.45, 7) is 2.87. The summed E-state index contributed by atoms with van der Waals surface area (Å²) in [5.41, 5.74) is 3.26. The average molecular weight is 406 g/mol. The number of aryl methyl sites for hydroxylation is 1. The van der Waals surface area contributed by atoms with Gasteiger partial charge in [0.05, 0.1) is 15.1 Å². The molecule has 0 atom stereocenters. The van der Waals surface area contributed by atoms with Crippen molar-refractivity contribution in [2.75, 3.05) is 16.8 Å². The molecule has 0 aliphatic carbocycles. The Kier molecular flexibility index (Phi) is 5.11. The van der Waals surface area contributed by atoms with Gasteiger partial charge in [0.25, 0.3) is 5.69 Å². The zero-order chi connectivity index (χ0) is 17.1. The molecule has 0 fully saturated rings. The molecule has 24 heavy (non-hydrogen) atoms. The van der Waals surface area contributed by atoms with E-state index in [2.05, 4.69) is 46.0 Å². The zero-order valence-corrected chi connectivity index (χ0v) is 15.5. The number of rotatable bonds is 6. The van der Waals surface area contributed by atoms with Crippen LogP contribution in [0, 0.1) is 10.1 Å². The summed E-state index contributed by atoms with van der Waals surface area (Å²) in [7, 11) is 0. The lowest BCUT2D eigenvalue weighted by atomic mass is 10.2. The van der Waals surface area contributed by atoms with E-state index >= 15 is 0 Å². The predicted molar refractivity (Wildman–Crippen MR) is 103 cm³/mol. The van der Waals surface area contributed by atoms with Gasteiger partial charge in [0.1, 0.15) is 0 Å². The Bertz CT molecular complexity index is 864. The fourth-order valence-electron chi connectivity index (χ4n) is 2.47. The molecule has 0 radical (unpaired) electrons. The molecule has 3 rings (SSSR count). The SMILES string of the molecule is CCc1ccc2nc(N(CCBr)c3ccc([N+](=O)[O-])cc3)sc2c1. The fraction of sp³-hybridized carbons (Fsp3) is 0.235. The van der Waals surface area contributed by atoms with E-state index in [1.54, 1.807) is 23.5 Å². The van der Waals surface area contributed by atoms with Gasteiger partial charge in [-0.3, -0.25) is 10.1 Å². The van der Waals surface area contributed by atoms with Gasteiger partial charge >= 0.3 is 0 Å². The largest absolute Gasteiger partial charge is 0.317 e. The van der Waals surface area contributed by atoms with E-state index in [4.69, 9.17) is 4.98 Å². The Morgan fingerprint density at radius 3 is 2.62 bits per heavy atom. The zero-order valence-electron chi connectivity index (χ0n) is 13.1. The van der Waals surface area contributed by atoms with Crippen LogP contribution >= 0.6 is 27.3 Å². The number of anilines is 2. The molecule has 1 aromatic heterocycles. The third-order valence-corrected chi connectivity index (χ3v) is 5.16. The van der Waals surface area contributed by atoms with Crippen molar-refractivity contribution in [2.24, 2.45) is 0 Å². The van der Waals surface area contributed by atoms with Crippen LogP contribution in [0.25, 0.3) is 10.2 Å². The van der Waals surface area contributed by atoms with Crippen LogP contribution < -0.4 is 4.90 Å². The second-order valence-corrected chi connectivity index (χ2v) is 7.07. The number of thiazole rings is 1. The Morgan fingerprint density at radius 1 is 1.25 bits per heavy atom. The van der Waals surface area contributed by atoms with Crippen molar-refractivity contribution in [2.45, 2.75) is 13.3 Å². The molecule has 0 unspecified atom stereocenters. The van der Waals surface area contributed by atoms with Gasteiger partial charge in [-0.15, -0.1) is 0 Å². The number of alkyl halides is 1. The van der Waals surface area contributed by atoms with Crippen LogP contribution in [-0.2, 0) is 6.42 Å². The first-order chi connectivity index (χ1) is 11.6. The van der Waals surface area contributed by atoms with E-state index in [-0.39, 0.29) is 10.6 Å². The van der Waals surface area contributed by atoms with Gasteiger partial charge in [-0.1, -0.05) is 40.3 Å². The molecular weight excluding hydrogens is 390 g/mol. The second kappa shape index (κ2) is 7.27. The van der Waals surface area contributed by atoms with Crippen LogP contribution in [0.3, 0.4) is 0 Å². The normalized spacial score (nSPS) is 10.9. The van der Waals surface area contributed by atoms with Crippen molar-refractivity contribution in [3.05, 3.63) is 58.1 Å². The van der Waals surface area contributed by atoms with Gasteiger partial charge in [-0.2, -0.15) is 0 Å². The monoisotopic (exact) mass is 405 g/mol. The number of nitrogens with zero attached hydrogens (tertiary/aromatic N) is 3. The lowest BCUT2D eigenvalue weighted by Crippen LogP contribution is -2.19. The summed E-state index contributed by atoms with van der Waals surface area (Å²) in [6, 6.07) is 12.9. The lowest BCUT2D eigenvalue weighted by molar-refractivity contribution is -0.384. The standard InChI is InChI=1S/C17H16BrN3O2S/c1-2-12-3-8-15-16(11-12)24-17(19-15)20(10-9-18)13-4-6-14(7-5-13)21(22)23/h3-8,11H,2,9-10H2,1H3. The van der Waals surface area contributed by atoms with E-state index in [9.17, 15) is 10.1 Å². The van der Waals surface area contributed by atoms with Gasteiger partial charge in [0, 0.05) is 29.7 Å². The highest BCUT2D eigenvalue weighted by atomic mass is 79.9. The van der Waals surface area contributed by atoms with Gasteiger partial charge in [0.2, 0.25) is 0 Å². The van der Waals surface area contributed by atoms with Crippen molar-refractivity contribution in [1.29, 1.82) is 0 Å². The average Bonchev–Trinajstić information content (AvgIpc) is 3.02. The van der Waals surface area contributed by atoms with Crippen LogP contribution in [0.2, 0.25) is 0 Å². The van der Waals surface area contributed by atoms with E-state index in [1.807, 2.05) is 0 Å². The van der Waals surface area contributed by atoms with Crippen LogP contribution in [0.15, 0.2) is 42.5 Å². The Labute approximate surface area is 152 Å². The topological polar surface area (TPSA) is 59.3 Å². The molecule has 5 nitrogen and oxygen atoms in total. The van der Waals surface area contributed by atoms with Gasteiger partial charge in [-0.05, 0) is 36.2 Å². The molecule has 0 bridgehead atoms. The van der Waals surface area contributed by atoms with Crippen LogP contribution in [0.5, 0.6) is 0 Å². The summed E-state index contributed by atoms with van der Waals surface area (Å²) < 4.78 is 1.16. The molecule has 0 saturated heterocycles. The number of nitro benzene ring substituents is 1. The summed E-state index contributed by atoms with van der Waals surface area (Å²) >= 11 is 5.12. The molecular formula is C17H16BrN3O2S. The highest BCUT2D eigenvalue weighted by Crippen LogP contribution is 2.34. The van der Waals surface area contributed by atoms with Crippen LogP contribution in [-0.4, -0.2) is 21.8 Å². The van der Waals surface area contributed by atoms with E-state index in [1.165, 1.54) is 17.7 Å². The molecule has 1 heterocycles. The summed E-state index contributed by atoms with van der Waals surface area (Å²) in [6.07, 6.45) is 0.997. The molecule has 124 valence electrons. The molecule has 3 aromatic rings. The quantitative estimate of drug-likeness (QED) is 0.317. The summed E-state index contributed by atoms with van der Waals surface area (Å²) in [5.74, 6) is 0. The van der Waals surface area contributed by atoms with Crippen molar-refractivity contribution >= 4 is 54.0 Å². The van der Waals surface area contributed by atoms with Crippen molar-refractivity contribution in [1.82, 2.24) is 4.98 Å². The lowest BCUT2D eigenvalue weighted by Gasteiger charge is -2.20. The van der Waals surface area contributed by atoms with E-state index in [0.717, 1.165) is 39.3 Å². The molecule has 7 heteroatoms. The minimum absolute atomic E-state index is 0.0921. The van der Waals surface area contributed by atoms with Crippen LogP contribution in [0.4, 0.5) is 16.5 Å². The maximum atomic E-state index is 10.8. The number of nitro groups is 1. The molecule has 0 aliphatic rings. The number of non-ortho nitro benzene ring substituents is 1. The Balaban J connectivity index is 1.99. The number of fused-ring (bicyclic) bond motifs is 1. The minimum atomic E-state index is -0.386. The van der Waals surface area contributed by atoms with E-state index < -0.39 is 0 Å². The Morgan fingerprint density at radius 2 is 2.00 bits per heavy atom. The van der Waals surface area contributed by atoms with Gasteiger partial charge < -0.3 is 4.90 Å². The number of hydrogen-bond donors (Lipinski definition) is 0. The summed E-state index contributed by atoms with van der Waals surface area (Å²) in [4.78, 5) is 17.3. The van der Waals surface area contributed by atoms with Crippen molar-refractivity contribution < 1.29 is 4.92 Å². The molecule has 2 aromatic carbocycles. The Hall–Kier alpha value is -1.99. The highest BCUT2D eigenvalue weighted by Gasteiger charge is 2.15.